The second kappa shape index (κ2) is 6.65. The summed E-state index contributed by atoms with van der Waals surface area (Å²) in [6, 6.07) is 19.9. The topological polar surface area (TPSA) is 59.7 Å². The number of phenols is 1. The van der Waals surface area contributed by atoms with E-state index in [0.29, 0.717) is 11.1 Å². The zero-order valence-electron chi connectivity index (χ0n) is 15.0. The standard InChI is InChI=1S/C23H18O4/c1-14-3-12-21-20(22(14)16-4-8-17(24)9-5-16)13-19(23(25)27-21)15-6-10-18(26-2)11-7-15/h3-13,24H,1-2H3. The number of phenolic OH excluding ortho intramolecular Hbond substituents is 1. The van der Waals surface area contributed by atoms with Gasteiger partial charge in [0, 0.05) is 5.39 Å². The van der Waals surface area contributed by atoms with Gasteiger partial charge in [-0.05, 0) is 65.6 Å². The molecule has 0 radical (unpaired) electrons. The highest BCUT2D eigenvalue weighted by atomic mass is 16.5. The second-order valence-corrected chi connectivity index (χ2v) is 6.39. The fourth-order valence-electron chi connectivity index (χ4n) is 3.28. The van der Waals surface area contributed by atoms with E-state index in [1.165, 1.54) is 0 Å². The number of hydrogen-bond acceptors (Lipinski definition) is 4. The predicted octanol–water partition coefficient (Wildman–Crippen LogP) is 5.15. The van der Waals surface area contributed by atoms with Crippen LogP contribution in [0.4, 0.5) is 0 Å². The lowest BCUT2D eigenvalue weighted by Gasteiger charge is -2.11. The van der Waals surface area contributed by atoms with E-state index in [-0.39, 0.29) is 11.4 Å². The quantitative estimate of drug-likeness (QED) is 0.515. The molecule has 4 heteroatoms. The number of ether oxygens (including phenoxy) is 1. The van der Waals surface area contributed by atoms with Crippen LogP contribution in [0, 0.1) is 6.92 Å². The van der Waals surface area contributed by atoms with Crippen LogP contribution in [-0.4, -0.2) is 12.2 Å². The monoisotopic (exact) mass is 358 g/mol. The average molecular weight is 358 g/mol. The Morgan fingerprint density at radius 1 is 0.889 bits per heavy atom. The molecule has 0 unspecified atom stereocenters. The first-order valence-electron chi connectivity index (χ1n) is 8.58. The minimum atomic E-state index is -0.381. The fourth-order valence-corrected chi connectivity index (χ4v) is 3.28. The lowest BCUT2D eigenvalue weighted by atomic mass is 9.94. The van der Waals surface area contributed by atoms with Gasteiger partial charge in [-0.2, -0.15) is 0 Å². The van der Waals surface area contributed by atoms with Gasteiger partial charge in [0.1, 0.15) is 17.1 Å². The molecule has 0 aliphatic carbocycles. The largest absolute Gasteiger partial charge is 0.508 e. The van der Waals surface area contributed by atoms with Crippen LogP contribution < -0.4 is 10.4 Å². The van der Waals surface area contributed by atoms with E-state index in [1.54, 1.807) is 19.2 Å². The van der Waals surface area contributed by atoms with Crippen LogP contribution in [0.5, 0.6) is 11.5 Å². The van der Waals surface area contributed by atoms with Crippen LogP contribution in [-0.2, 0) is 0 Å². The summed E-state index contributed by atoms with van der Waals surface area (Å²) in [7, 11) is 1.60. The highest BCUT2D eigenvalue weighted by Crippen LogP contribution is 2.34. The van der Waals surface area contributed by atoms with Gasteiger partial charge in [0.15, 0.2) is 0 Å². The maximum Gasteiger partial charge on any atom is 0.344 e. The first kappa shape index (κ1) is 16.9. The molecular formula is C23H18O4. The predicted molar refractivity (Wildman–Crippen MR) is 106 cm³/mol. The van der Waals surface area contributed by atoms with Gasteiger partial charge in [0.2, 0.25) is 0 Å². The van der Waals surface area contributed by atoms with Crippen LogP contribution in [0.1, 0.15) is 5.56 Å². The van der Waals surface area contributed by atoms with Crippen molar-refractivity contribution < 1.29 is 14.3 Å². The number of aryl methyl sites for hydroxylation is 1. The molecule has 0 saturated carbocycles. The SMILES string of the molecule is COc1ccc(-c2cc3c(-c4ccc(O)cc4)c(C)ccc3oc2=O)cc1. The lowest BCUT2D eigenvalue weighted by molar-refractivity contribution is 0.415. The van der Waals surface area contributed by atoms with Crippen LogP contribution in [0.25, 0.3) is 33.2 Å². The lowest BCUT2D eigenvalue weighted by Crippen LogP contribution is -2.03. The Hall–Kier alpha value is -3.53. The Morgan fingerprint density at radius 2 is 1.56 bits per heavy atom. The molecular weight excluding hydrogens is 340 g/mol. The van der Waals surface area contributed by atoms with E-state index in [2.05, 4.69) is 0 Å². The van der Waals surface area contributed by atoms with Gasteiger partial charge in [-0.15, -0.1) is 0 Å². The van der Waals surface area contributed by atoms with Crippen molar-refractivity contribution in [2.75, 3.05) is 7.11 Å². The van der Waals surface area contributed by atoms with Crippen LogP contribution in [0.3, 0.4) is 0 Å². The maximum atomic E-state index is 12.5. The summed E-state index contributed by atoms with van der Waals surface area (Å²) in [6.45, 7) is 2.01. The molecule has 0 amide bonds. The molecule has 1 aromatic heterocycles. The van der Waals surface area contributed by atoms with Crippen molar-refractivity contribution in [3.63, 3.8) is 0 Å². The Labute approximate surface area is 156 Å². The van der Waals surface area contributed by atoms with E-state index in [0.717, 1.165) is 33.4 Å². The third-order valence-corrected chi connectivity index (χ3v) is 4.68. The highest BCUT2D eigenvalue weighted by molar-refractivity contribution is 5.97. The van der Waals surface area contributed by atoms with Crippen molar-refractivity contribution in [2.24, 2.45) is 0 Å². The fraction of sp³-hybridized carbons (Fsp3) is 0.0870. The van der Waals surface area contributed by atoms with E-state index in [4.69, 9.17) is 9.15 Å². The number of fused-ring (bicyclic) bond motifs is 1. The summed E-state index contributed by atoms with van der Waals surface area (Å²) in [5, 5.41) is 10.4. The van der Waals surface area contributed by atoms with Crippen molar-refractivity contribution in [1.29, 1.82) is 0 Å². The van der Waals surface area contributed by atoms with Crippen molar-refractivity contribution in [1.82, 2.24) is 0 Å². The summed E-state index contributed by atoms with van der Waals surface area (Å²) in [5.41, 5.74) is 4.40. The third-order valence-electron chi connectivity index (χ3n) is 4.68. The number of benzene rings is 3. The van der Waals surface area contributed by atoms with Gasteiger partial charge >= 0.3 is 5.63 Å². The van der Waals surface area contributed by atoms with E-state index in [9.17, 15) is 9.90 Å². The molecule has 0 aliphatic heterocycles. The minimum absolute atomic E-state index is 0.210. The number of rotatable bonds is 3. The van der Waals surface area contributed by atoms with E-state index >= 15 is 0 Å². The van der Waals surface area contributed by atoms with Crippen LogP contribution in [0.15, 0.2) is 75.9 Å². The molecule has 1 heterocycles. The second-order valence-electron chi connectivity index (χ2n) is 6.39. The zero-order valence-corrected chi connectivity index (χ0v) is 15.0. The van der Waals surface area contributed by atoms with Crippen molar-refractivity contribution >= 4 is 11.0 Å². The van der Waals surface area contributed by atoms with Gasteiger partial charge in [0.05, 0.1) is 12.7 Å². The van der Waals surface area contributed by atoms with Gasteiger partial charge in [-0.25, -0.2) is 4.79 Å². The maximum absolute atomic E-state index is 12.5. The van der Waals surface area contributed by atoms with Gasteiger partial charge in [0.25, 0.3) is 0 Å². The summed E-state index contributed by atoms with van der Waals surface area (Å²) in [6.07, 6.45) is 0. The number of aromatic hydroxyl groups is 1. The summed E-state index contributed by atoms with van der Waals surface area (Å²) < 4.78 is 10.8. The minimum Gasteiger partial charge on any atom is -0.508 e. The Kier molecular flexibility index (Phi) is 4.16. The van der Waals surface area contributed by atoms with Gasteiger partial charge in [-0.3, -0.25) is 0 Å². The molecule has 4 aromatic rings. The van der Waals surface area contributed by atoms with E-state index in [1.807, 2.05) is 61.5 Å². The van der Waals surface area contributed by atoms with Crippen molar-refractivity contribution in [3.8, 4) is 33.8 Å². The van der Waals surface area contributed by atoms with Crippen molar-refractivity contribution in [3.05, 3.63) is 82.7 Å². The third kappa shape index (κ3) is 3.06. The molecule has 0 fully saturated rings. The molecule has 134 valence electrons. The molecule has 0 atom stereocenters. The molecule has 4 rings (SSSR count). The van der Waals surface area contributed by atoms with Gasteiger partial charge < -0.3 is 14.3 Å². The first-order valence-corrected chi connectivity index (χ1v) is 8.58. The Morgan fingerprint density at radius 3 is 2.22 bits per heavy atom. The Bertz CT molecular complexity index is 1170. The zero-order chi connectivity index (χ0) is 19.0. The van der Waals surface area contributed by atoms with E-state index < -0.39 is 0 Å². The number of methoxy groups -OCH3 is 1. The highest BCUT2D eigenvalue weighted by Gasteiger charge is 2.14. The molecule has 0 bridgehead atoms. The molecule has 0 aliphatic rings. The first-order chi connectivity index (χ1) is 13.1. The summed E-state index contributed by atoms with van der Waals surface area (Å²) in [4.78, 5) is 12.5. The molecule has 0 saturated heterocycles. The summed E-state index contributed by atoms with van der Waals surface area (Å²) >= 11 is 0. The average Bonchev–Trinajstić information content (AvgIpc) is 2.69. The molecule has 1 N–H and O–H groups in total. The summed E-state index contributed by atoms with van der Waals surface area (Å²) in [5.74, 6) is 0.937. The molecule has 4 nitrogen and oxygen atoms in total. The van der Waals surface area contributed by atoms with Crippen LogP contribution >= 0.6 is 0 Å². The molecule has 27 heavy (non-hydrogen) atoms. The normalized spacial score (nSPS) is 10.9. The smallest absolute Gasteiger partial charge is 0.344 e. The molecule has 3 aromatic carbocycles. The molecule has 0 spiro atoms. The van der Waals surface area contributed by atoms with Crippen molar-refractivity contribution in [2.45, 2.75) is 6.92 Å². The van der Waals surface area contributed by atoms with Crippen LogP contribution in [0.2, 0.25) is 0 Å². The van der Waals surface area contributed by atoms with Gasteiger partial charge in [-0.1, -0.05) is 30.3 Å². The number of hydrogen-bond donors (Lipinski definition) is 1. The Balaban J connectivity index is 1.97.